The molecule has 0 saturated heterocycles. The van der Waals surface area contributed by atoms with Crippen LogP contribution in [0.2, 0.25) is 0 Å². The molecule has 0 saturated carbocycles. The molecule has 280 valence electrons. The van der Waals surface area contributed by atoms with Crippen LogP contribution in [0.15, 0.2) is 42.5 Å². The molecule has 0 spiro atoms. The molecule has 50 heavy (non-hydrogen) atoms. The van der Waals surface area contributed by atoms with Gasteiger partial charge in [0.05, 0.1) is 13.2 Å². The van der Waals surface area contributed by atoms with Gasteiger partial charge in [0.1, 0.15) is 29.1 Å². The first-order chi connectivity index (χ1) is 24.4. The molecular formula is C43H66O7. The van der Waals surface area contributed by atoms with Gasteiger partial charge in [-0.2, -0.15) is 0 Å². The molecular weight excluding hydrogens is 628 g/mol. The number of hydrogen-bond donors (Lipinski definition) is 1. The standard InChI is InChI=1S/C43H66O7/c1-5-9-11-13-15-17-19-21-23-25-42(45)49-37-30-31-38(39(44)32-28-35-27-29-36(47-7-3)33-40(35)48-8-4)41(34-37)50-43(46)26-24-22-20-18-16-14-12-10-6-2/h27-34,39,44H,5-26H2,1-4H3. The van der Waals surface area contributed by atoms with Crippen LogP contribution in [0.5, 0.6) is 23.0 Å². The molecule has 1 N–H and O–H groups in total. The Morgan fingerprint density at radius 1 is 0.580 bits per heavy atom. The van der Waals surface area contributed by atoms with E-state index in [1.54, 1.807) is 24.3 Å². The first kappa shape index (κ1) is 42.8. The zero-order chi connectivity index (χ0) is 36.2. The Labute approximate surface area is 303 Å². The third kappa shape index (κ3) is 18.6. The first-order valence-corrected chi connectivity index (χ1v) is 19.7. The zero-order valence-electron chi connectivity index (χ0n) is 31.6. The topological polar surface area (TPSA) is 91.3 Å². The van der Waals surface area contributed by atoms with Crippen molar-refractivity contribution < 1.29 is 33.6 Å². The maximum atomic E-state index is 13.0. The molecule has 0 aliphatic heterocycles. The van der Waals surface area contributed by atoms with E-state index in [1.165, 1.54) is 83.1 Å². The fraction of sp³-hybridized carbons (Fsp3) is 0.628. The first-order valence-electron chi connectivity index (χ1n) is 19.7. The average molecular weight is 695 g/mol. The predicted octanol–water partition coefficient (Wildman–Crippen LogP) is 11.9. The number of benzene rings is 2. The minimum absolute atomic E-state index is 0.188. The number of unbranched alkanes of at least 4 members (excludes halogenated alkanes) is 16. The molecule has 7 nitrogen and oxygen atoms in total. The lowest BCUT2D eigenvalue weighted by Crippen LogP contribution is -2.12. The highest BCUT2D eigenvalue weighted by Crippen LogP contribution is 2.33. The number of ether oxygens (including phenoxy) is 4. The summed E-state index contributed by atoms with van der Waals surface area (Å²) in [6.07, 6.45) is 23.9. The van der Waals surface area contributed by atoms with Gasteiger partial charge >= 0.3 is 11.9 Å². The predicted molar refractivity (Wildman–Crippen MR) is 204 cm³/mol. The fourth-order valence-electron chi connectivity index (χ4n) is 5.91. The molecule has 2 rings (SSSR count). The Hall–Kier alpha value is -3.32. The van der Waals surface area contributed by atoms with Gasteiger partial charge in [-0.25, -0.2) is 0 Å². The van der Waals surface area contributed by atoms with Crippen molar-refractivity contribution in [3.05, 3.63) is 53.6 Å². The minimum Gasteiger partial charge on any atom is -0.494 e. The van der Waals surface area contributed by atoms with Crippen molar-refractivity contribution in [2.75, 3.05) is 13.2 Å². The van der Waals surface area contributed by atoms with E-state index < -0.39 is 6.10 Å². The van der Waals surface area contributed by atoms with E-state index in [0.29, 0.717) is 42.4 Å². The number of rotatable bonds is 29. The number of carbonyl (C=O) groups is 2. The SMILES string of the molecule is CCCCCCCCCCCC(=O)Oc1ccc(C(O)C=Cc2ccc(OCC)cc2OCC)c(OC(=O)CCCCCCCCCCC)c1. The van der Waals surface area contributed by atoms with E-state index in [2.05, 4.69) is 13.8 Å². The van der Waals surface area contributed by atoms with Gasteiger partial charge < -0.3 is 24.1 Å². The Balaban J connectivity index is 2.05. The highest BCUT2D eigenvalue weighted by Gasteiger charge is 2.17. The summed E-state index contributed by atoms with van der Waals surface area (Å²) in [7, 11) is 0. The molecule has 7 heteroatoms. The van der Waals surface area contributed by atoms with Crippen molar-refractivity contribution in [3.63, 3.8) is 0 Å². The van der Waals surface area contributed by atoms with E-state index in [0.717, 1.165) is 44.1 Å². The van der Waals surface area contributed by atoms with Gasteiger partial charge in [-0.05, 0) is 51.0 Å². The van der Waals surface area contributed by atoms with Gasteiger partial charge in [0.25, 0.3) is 0 Å². The van der Waals surface area contributed by atoms with Crippen molar-refractivity contribution >= 4 is 18.0 Å². The second-order valence-electron chi connectivity index (χ2n) is 13.2. The van der Waals surface area contributed by atoms with Gasteiger partial charge in [0.15, 0.2) is 0 Å². The van der Waals surface area contributed by atoms with E-state index >= 15 is 0 Å². The summed E-state index contributed by atoms with van der Waals surface area (Å²) in [5.74, 6) is 1.15. The third-order valence-corrected chi connectivity index (χ3v) is 8.78. The molecule has 1 atom stereocenters. The van der Waals surface area contributed by atoms with Crippen LogP contribution in [0.25, 0.3) is 6.08 Å². The van der Waals surface area contributed by atoms with Gasteiger partial charge in [0.2, 0.25) is 0 Å². The zero-order valence-corrected chi connectivity index (χ0v) is 31.6. The molecule has 0 aliphatic rings. The molecule has 0 amide bonds. The van der Waals surface area contributed by atoms with Gasteiger partial charge in [0, 0.05) is 36.1 Å². The second kappa shape index (κ2) is 27.4. The Morgan fingerprint density at radius 3 is 1.60 bits per heavy atom. The van der Waals surface area contributed by atoms with Crippen LogP contribution in [-0.4, -0.2) is 30.3 Å². The maximum absolute atomic E-state index is 13.0. The molecule has 0 aromatic heterocycles. The monoisotopic (exact) mass is 694 g/mol. The van der Waals surface area contributed by atoms with Gasteiger partial charge in [-0.15, -0.1) is 0 Å². The summed E-state index contributed by atoms with van der Waals surface area (Å²) in [6.45, 7) is 9.32. The van der Waals surface area contributed by atoms with E-state index in [4.69, 9.17) is 18.9 Å². The van der Waals surface area contributed by atoms with Gasteiger partial charge in [-0.3, -0.25) is 9.59 Å². The minimum atomic E-state index is -1.08. The normalized spacial score (nSPS) is 11.9. The maximum Gasteiger partial charge on any atom is 0.311 e. The Bertz CT molecular complexity index is 1240. The summed E-state index contributed by atoms with van der Waals surface area (Å²) in [6, 6.07) is 10.4. The summed E-state index contributed by atoms with van der Waals surface area (Å²) < 4.78 is 22.9. The molecule has 2 aromatic carbocycles. The van der Waals surface area contributed by atoms with Crippen molar-refractivity contribution in [3.8, 4) is 23.0 Å². The summed E-state index contributed by atoms with van der Waals surface area (Å²) >= 11 is 0. The van der Waals surface area contributed by atoms with Gasteiger partial charge in [-0.1, -0.05) is 129 Å². The van der Waals surface area contributed by atoms with Crippen molar-refractivity contribution in [2.45, 2.75) is 162 Å². The van der Waals surface area contributed by atoms with Crippen molar-refractivity contribution in [1.29, 1.82) is 0 Å². The van der Waals surface area contributed by atoms with Crippen LogP contribution in [0, 0.1) is 0 Å². The smallest absolute Gasteiger partial charge is 0.311 e. The van der Waals surface area contributed by atoms with Crippen LogP contribution in [0.1, 0.15) is 173 Å². The Kier molecular flexibility index (Phi) is 23.5. The Morgan fingerprint density at radius 2 is 1.06 bits per heavy atom. The summed E-state index contributed by atoms with van der Waals surface area (Å²) in [4.78, 5) is 25.6. The second-order valence-corrected chi connectivity index (χ2v) is 13.2. The summed E-state index contributed by atoms with van der Waals surface area (Å²) in [5, 5.41) is 11.3. The summed E-state index contributed by atoms with van der Waals surface area (Å²) in [5.41, 5.74) is 1.18. The lowest BCUT2D eigenvalue weighted by Gasteiger charge is -2.15. The molecule has 0 fully saturated rings. The molecule has 0 aliphatic carbocycles. The molecule has 0 bridgehead atoms. The fourth-order valence-corrected chi connectivity index (χ4v) is 5.91. The van der Waals surface area contributed by atoms with E-state index in [-0.39, 0.29) is 24.1 Å². The van der Waals surface area contributed by atoms with Crippen LogP contribution in [0.3, 0.4) is 0 Å². The quantitative estimate of drug-likeness (QED) is 0.0515. The van der Waals surface area contributed by atoms with E-state index in [1.807, 2.05) is 32.0 Å². The molecule has 0 radical (unpaired) electrons. The lowest BCUT2D eigenvalue weighted by molar-refractivity contribution is -0.135. The number of aliphatic hydroxyl groups excluding tert-OH is 1. The van der Waals surface area contributed by atoms with Crippen LogP contribution in [-0.2, 0) is 9.59 Å². The number of hydrogen-bond acceptors (Lipinski definition) is 7. The molecule has 1 unspecified atom stereocenters. The van der Waals surface area contributed by atoms with Crippen molar-refractivity contribution in [1.82, 2.24) is 0 Å². The van der Waals surface area contributed by atoms with Crippen molar-refractivity contribution in [2.24, 2.45) is 0 Å². The lowest BCUT2D eigenvalue weighted by atomic mass is 10.1. The molecule has 0 heterocycles. The van der Waals surface area contributed by atoms with E-state index in [9.17, 15) is 14.7 Å². The highest BCUT2D eigenvalue weighted by molar-refractivity contribution is 5.74. The largest absolute Gasteiger partial charge is 0.494 e. The average Bonchev–Trinajstić information content (AvgIpc) is 3.10. The van der Waals surface area contributed by atoms with Crippen LogP contribution in [0.4, 0.5) is 0 Å². The number of esters is 2. The third-order valence-electron chi connectivity index (χ3n) is 8.78. The highest BCUT2D eigenvalue weighted by atomic mass is 16.5. The number of aliphatic hydroxyl groups is 1. The van der Waals surface area contributed by atoms with Crippen LogP contribution >= 0.6 is 0 Å². The number of carbonyl (C=O) groups excluding carboxylic acids is 2. The molecule has 2 aromatic rings. The van der Waals surface area contributed by atoms with Crippen LogP contribution < -0.4 is 18.9 Å².